The predicted molar refractivity (Wildman–Crippen MR) is 85.8 cm³/mol. The van der Waals surface area contributed by atoms with Crippen LogP contribution in [0.5, 0.6) is 0 Å². The summed E-state index contributed by atoms with van der Waals surface area (Å²) in [5.41, 5.74) is 0. The molecule has 0 aromatic heterocycles. The minimum atomic E-state index is -5.06. The molecular formula is C16H24F3N3O4. The number of carbonyl (C=O) groups is 4. The first-order chi connectivity index (χ1) is 11.9. The lowest BCUT2D eigenvalue weighted by molar-refractivity contribution is -0.175. The Labute approximate surface area is 149 Å². The topological polar surface area (TPSA) is 95.6 Å². The third kappa shape index (κ3) is 5.43. The molecule has 0 aliphatic carbocycles. The van der Waals surface area contributed by atoms with Crippen molar-refractivity contribution in [3.63, 3.8) is 0 Å². The monoisotopic (exact) mass is 379 g/mol. The molecule has 1 aliphatic rings. The van der Waals surface area contributed by atoms with Crippen LogP contribution in [0.15, 0.2) is 0 Å². The number of Topliss-reactive ketones (excluding diaryl/α,β-unsaturated/α-hetero) is 1. The number of rotatable bonds is 6. The molecule has 3 atom stereocenters. The van der Waals surface area contributed by atoms with Crippen LogP contribution in [0.1, 0.15) is 40.5 Å². The Kier molecular flexibility index (Phi) is 7.16. The van der Waals surface area contributed by atoms with Gasteiger partial charge in [0.25, 0.3) is 5.78 Å². The maximum atomic E-state index is 12.7. The van der Waals surface area contributed by atoms with Crippen molar-refractivity contribution in [2.24, 2.45) is 5.92 Å². The quantitative estimate of drug-likeness (QED) is 0.713. The maximum absolute atomic E-state index is 12.7. The molecule has 3 amide bonds. The normalized spacial score (nSPS) is 19.8. The van der Waals surface area contributed by atoms with Crippen molar-refractivity contribution < 1.29 is 32.3 Å². The SMILES string of the molecule is CC(=O)N[C@@H](C)C(=O)N1CCC[C@H]1C(=O)NC(C(=O)C(F)(F)F)C(C)C. The third-order valence-electron chi connectivity index (χ3n) is 4.16. The first-order valence-electron chi connectivity index (χ1n) is 8.35. The van der Waals surface area contributed by atoms with Gasteiger partial charge in [-0.1, -0.05) is 13.8 Å². The zero-order valence-electron chi connectivity index (χ0n) is 15.1. The highest BCUT2D eigenvalue weighted by molar-refractivity contribution is 5.96. The average molecular weight is 379 g/mol. The standard InChI is InChI=1S/C16H24F3N3O4/c1-8(2)12(13(24)16(17,18)19)21-14(25)11-6-5-7-22(11)15(26)9(3)20-10(4)23/h8-9,11-12H,5-7H2,1-4H3,(H,20,23)(H,21,25)/t9-,11-,12?/m0/s1. The Hall–Kier alpha value is -2.13. The Balaban J connectivity index is 2.88. The second-order valence-electron chi connectivity index (χ2n) is 6.70. The lowest BCUT2D eigenvalue weighted by Gasteiger charge is -2.29. The minimum Gasteiger partial charge on any atom is -0.345 e. The molecular weight excluding hydrogens is 355 g/mol. The Morgan fingerprint density at radius 3 is 2.12 bits per heavy atom. The molecule has 0 radical (unpaired) electrons. The van der Waals surface area contributed by atoms with E-state index in [4.69, 9.17) is 0 Å². The van der Waals surface area contributed by atoms with Crippen molar-refractivity contribution in [3.8, 4) is 0 Å². The van der Waals surface area contributed by atoms with E-state index in [1.165, 1.54) is 32.6 Å². The second-order valence-corrected chi connectivity index (χ2v) is 6.70. The van der Waals surface area contributed by atoms with Crippen LogP contribution in [0.25, 0.3) is 0 Å². The number of carbonyl (C=O) groups excluding carboxylic acids is 4. The van der Waals surface area contributed by atoms with Gasteiger partial charge in [0.15, 0.2) is 0 Å². The predicted octanol–water partition coefficient (Wildman–Crippen LogP) is 0.774. The second kappa shape index (κ2) is 8.50. The number of nitrogens with one attached hydrogen (secondary N) is 2. The lowest BCUT2D eigenvalue weighted by atomic mass is 9.98. The summed E-state index contributed by atoms with van der Waals surface area (Å²) in [6.45, 7) is 5.74. The van der Waals surface area contributed by atoms with Gasteiger partial charge in [0.2, 0.25) is 17.7 Å². The molecule has 0 bridgehead atoms. The summed E-state index contributed by atoms with van der Waals surface area (Å²) in [7, 11) is 0. The van der Waals surface area contributed by atoms with Crippen LogP contribution in [-0.4, -0.2) is 59.3 Å². The van der Waals surface area contributed by atoms with Gasteiger partial charge in [-0.15, -0.1) is 0 Å². The molecule has 2 N–H and O–H groups in total. The van der Waals surface area contributed by atoms with Crippen molar-refractivity contribution in [1.29, 1.82) is 0 Å². The van der Waals surface area contributed by atoms with Gasteiger partial charge in [0.1, 0.15) is 12.1 Å². The number of hydrogen-bond donors (Lipinski definition) is 2. The fourth-order valence-electron chi connectivity index (χ4n) is 2.88. The van der Waals surface area contributed by atoms with Gasteiger partial charge >= 0.3 is 6.18 Å². The van der Waals surface area contributed by atoms with E-state index in [1.54, 1.807) is 0 Å². The first kappa shape index (κ1) is 21.9. The van der Waals surface area contributed by atoms with Gasteiger partial charge in [-0.3, -0.25) is 19.2 Å². The fraction of sp³-hybridized carbons (Fsp3) is 0.750. The minimum absolute atomic E-state index is 0.250. The molecule has 1 heterocycles. The summed E-state index contributed by atoms with van der Waals surface area (Å²) >= 11 is 0. The maximum Gasteiger partial charge on any atom is 0.452 e. The molecule has 1 saturated heterocycles. The molecule has 148 valence electrons. The van der Waals surface area contributed by atoms with E-state index in [-0.39, 0.29) is 13.0 Å². The van der Waals surface area contributed by atoms with E-state index in [9.17, 15) is 32.3 Å². The Morgan fingerprint density at radius 1 is 1.08 bits per heavy atom. The molecule has 1 unspecified atom stereocenters. The summed E-state index contributed by atoms with van der Waals surface area (Å²) in [5, 5.41) is 4.55. The molecule has 26 heavy (non-hydrogen) atoms. The van der Waals surface area contributed by atoms with Gasteiger partial charge < -0.3 is 15.5 Å². The van der Waals surface area contributed by atoms with Crippen LogP contribution in [0.2, 0.25) is 0 Å². The van der Waals surface area contributed by atoms with Gasteiger partial charge in [-0.05, 0) is 25.7 Å². The number of amides is 3. The molecule has 1 aliphatic heterocycles. The number of ketones is 1. The summed E-state index contributed by atoms with van der Waals surface area (Å²) < 4.78 is 38.1. The Morgan fingerprint density at radius 2 is 1.65 bits per heavy atom. The summed E-state index contributed by atoms with van der Waals surface area (Å²) in [6, 6.07) is -3.55. The highest BCUT2D eigenvalue weighted by Crippen LogP contribution is 2.23. The van der Waals surface area contributed by atoms with Crippen molar-refractivity contribution >= 4 is 23.5 Å². The Bertz CT molecular complexity index is 578. The first-order valence-corrected chi connectivity index (χ1v) is 8.35. The number of alkyl halides is 3. The summed E-state index contributed by atoms with van der Waals surface area (Å²) in [5.74, 6) is -4.51. The van der Waals surface area contributed by atoms with E-state index < -0.39 is 53.7 Å². The highest BCUT2D eigenvalue weighted by atomic mass is 19.4. The molecule has 1 rings (SSSR count). The van der Waals surface area contributed by atoms with Crippen LogP contribution in [0, 0.1) is 5.92 Å². The van der Waals surface area contributed by atoms with Crippen molar-refractivity contribution in [3.05, 3.63) is 0 Å². The number of nitrogens with zero attached hydrogens (tertiary/aromatic N) is 1. The number of likely N-dealkylation sites (tertiary alicyclic amines) is 1. The molecule has 0 aromatic rings. The van der Waals surface area contributed by atoms with Crippen LogP contribution in [0.4, 0.5) is 13.2 Å². The average Bonchev–Trinajstić information content (AvgIpc) is 2.98. The van der Waals surface area contributed by atoms with Gasteiger partial charge in [-0.2, -0.15) is 13.2 Å². The van der Waals surface area contributed by atoms with Crippen LogP contribution < -0.4 is 10.6 Å². The molecule has 1 fully saturated rings. The molecule has 0 spiro atoms. The summed E-state index contributed by atoms with van der Waals surface area (Å²) in [6.07, 6.45) is -4.29. The van der Waals surface area contributed by atoms with Crippen molar-refractivity contribution in [1.82, 2.24) is 15.5 Å². The zero-order chi connectivity index (χ0) is 20.2. The molecule has 10 heteroatoms. The van der Waals surface area contributed by atoms with Crippen LogP contribution >= 0.6 is 0 Å². The van der Waals surface area contributed by atoms with Crippen LogP contribution in [0.3, 0.4) is 0 Å². The molecule has 0 aromatic carbocycles. The zero-order valence-corrected chi connectivity index (χ0v) is 15.1. The van der Waals surface area contributed by atoms with Crippen molar-refractivity contribution in [2.75, 3.05) is 6.54 Å². The van der Waals surface area contributed by atoms with E-state index in [2.05, 4.69) is 10.6 Å². The fourth-order valence-corrected chi connectivity index (χ4v) is 2.88. The highest BCUT2D eigenvalue weighted by Gasteiger charge is 2.46. The number of halogens is 3. The van der Waals surface area contributed by atoms with Gasteiger partial charge in [-0.25, -0.2) is 0 Å². The van der Waals surface area contributed by atoms with E-state index in [0.29, 0.717) is 6.42 Å². The molecule has 7 nitrogen and oxygen atoms in total. The van der Waals surface area contributed by atoms with Crippen LogP contribution in [-0.2, 0) is 19.2 Å². The van der Waals surface area contributed by atoms with Gasteiger partial charge in [0.05, 0.1) is 6.04 Å². The molecule has 0 saturated carbocycles. The largest absolute Gasteiger partial charge is 0.452 e. The van der Waals surface area contributed by atoms with Crippen molar-refractivity contribution in [2.45, 2.75) is 64.8 Å². The van der Waals surface area contributed by atoms with E-state index in [0.717, 1.165) is 0 Å². The van der Waals surface area contributed by atoms with E-state index in [1.807, 2.05) is 0 Å². The van der Waals surface area contributed by atoms with Gasteiger partial charge in [0, 0.05) is 13.5 Å². The smallest absolute Gasteiger partial charge is 0.345 e. The lowest BCUT2D eigenvalue weighted by Crippen LogP contribution is -2.56. The summed E-state index contributed by atoms with van der Waals surface area (Å²) in [4.78, 5) is 48.7. The third-order valence-corrected chi connectivity index (χ3v) is 4.16. The number of hydrogen-bond acceptors (Lipinski definition) is 4. The van der Waals surface area contributed by atoms with E-state index >= 15 is 0 Å².